The molecule has 0 spiro atoms. The molecule has 4 heteroatoms. The first-order valence-corrected chi connectivity index (χ1v) is 3.30. The molecule has 0 fully saturated rings. The van der Waals surface area contributed by atoms with Gasteiger partial charge in [-0.3, -0.25) is 4.98 Å². The molecule has 1 aromatic rings. The normalized spacial score (nSPS) is 10.3. The lowest BCUT2D eigenvalue weighted by molar-refractivity contribution is -0.131. The number of nitrogens with two attached hydrogens (primary N) is 1. The maximum atomic E-state index is 10.1. The Morgan fingerprint density at radius 3 is 3.00 bits per heavy atom. The molecular formula is C8H8N2O2. The van der Waals surface area contributed by atoms with Crippen molar-refractivity contribution in [1.82, 2.24) is 4.98 Å². The average Bonchev–Trinajstić information content (AvgIpc) is 2.03. The molecule has 0 bridgehead atoms. The lowest BCUT2D eigenvalue weighted by Crippen LogP contribution is -1.91. The summed E-state index contributed by atoms with van der Waals surface area (Å²) in [7, 11) is 0. The fraction of sp³-hybridized carbons (Fsp3) is 0. The predicted molar refractivity (Wildman–Crippen MR) is 45.3 cm³/mol. The number of hydrogen-bond acceptors (Lipinski definition) is 3. The molecule has 62 valence electrons. The summed E-state index contributed by atoms with van der Waals surface area (Å²) >= 11 is 0. The molecule has 0 aromatic carbocycles. The third-order valence-corrected chi connectivity index (χ3v) is 1.29. The first kappa shape index (κ1) is 8.26. The van der Waals surface area contributed by atoms with Crippen LogP contribution >= 0.6 is 0 Å². The molecule has 1 heterocycles. The monoisotopic (exact) mass is 164 g/mol. The van der Waals surface area contributed by atoms with Crippen LogP contribution in [0.3, 0.4) is 0 Å². The van der Waals surface area contributed by atoms with Gasteiger partial charge in [0, 0.05) is 29.7 Å². The van der Waals surface area contributed by atoms with Gasteiger partial charge in [0.15, 0.2) is 0 Å². The molecule has 0 aliphatic carbocycles. The molecule has 12 heavy (non-hydrogen) atoms. The summed E-state index contributed by atoms with van der Waals surface area (Å²) in [5, 5.41) is 8.32. The van der Waals surface area contributed by atoms with E-state index in [0.29, 0.717) is 11.3 Å². The Labute approximate surface area is 69.4 Å². The van der Waals surface area contributed by atoms with Crippen LogP contribution in [0.1, 0.15) is 5.56 Å². The zero-order valence-electron chi connectivity index (χ0n) is 6.27. The summed E-state index contributed by atoms with van der Waals surface area (Å²) in [6.45, 7) is 0. The van der Waals surface area contributed by atoms with Crippen LogP contribution < -0.4 is 5.73 Å². The number of aromatic nitrogens is 1. The van der Waals surface area contributed by atoms with Crippen molar-refractivity contribution in [2.75, 3.05) is 5.73 Å². The van der Waals surface area contributed by atoms with Gasteiger partial charge in [0.05, 0.1) is 0 Å². The third kappa shape index (κ3) is 2.09. The summed E-state index contributed by atoms with van der Waals surface area (Å²) in [6, 6.07) is 1.61. The molecular weight excluding hydrogens is 156 g/mol. The number of aliphatic carboxylic acids is 1. The smallest absolute Gasteiger partial charge is 0.328 e. The Hall–Kier alpha value is -1.84. The van der Waals surface area contributed by atoms with Crippen LogP contribution in [0.15, 0.2) is 24.5 Å². The second-order valence-corrected chi connectivity index (χ2v) is 2.18. The number of nitrogens with zero attached hydrogens (tertiary/aromatic N) is 1. The van der Waals surface area contributed by atoms with Crippen molar-refractivity contribution < 1.29 is 9.90 Å². The molecule has 1 rings (SSSR count). The topological polar surface area (TPSA) is 76.2 Å². The number of carboxylic acids is 1. The predicted octanol–water partition coefficient (Wildman–Crippen LogP) is 0.762. The van der Waals surface area contributed by atoms with E-state index in [4.69, 9.17) is 10.8 Å². The number of nitrogen functional groups attached to an aromatic ring is 1. The molecule has 0 atom stereocenters. The molecule has 0 aliphatic rings. The van der Waals surface area contributed by atoms with Gasteiger partial charge in [0.1, 0.15) is 0 Å². The van der Waals surface area contributed by atoms with Crippen molar-refractivity contribution in [2.45, 2.75) is 0 Å². The Kier molecular flexibility index (Phi) is 2.42. The first-order chi connectivity index (χ1) is 5.70. The van der Waals surface area contributed by atoms with E-state index in [-0.39, 0.29) is 0 Å². The van der Waals surface area contributed by atoms with Gasteiger partial charge in [0.2, 0.25) is 0 Å². The molecule has 0 aliphatic heterocycles. The van der Waals surface area contributed by atoms with Gasteiger partial charge >= 0.3 is 5.97 Å². The Morgan fingerprint density at radius 1 is 1.67 bits per heavy atom. The Bertz CT molecular complexity index is 321. The van der Waals surface area contributed by atoms with E-state index in [0.717, 1.165) is 6.08 Å². The van der Waals surface area contributed by atoms with E-state index < -0.39 is 5.97 Å². The van der Waals surface area contributed by atoms with E-state index in [1.54, 1.807) is 12.3 Å². The molecule has 3 N–H and O–H groups in total. The Morgan fingerprint density at radius 2 is 2.42 bits per heavy atom. The molecule has 0 radical (unpaired) electrons. The zero-order valence-corrected chi connectivity index (χ0v) is 6.27. The summed E-state index contributed by atoms with van der Waals surface area (Å²) in [5.74, 6) is -1.00. The molecule has 0 saturated heterocycles. The largest absolute Gasteiger partial charge is 0.478 e. The standard InChI is InChI=1S/C8H8N2O2/c9-7-3-4-10-5-6(7)1-2-8(11)12/h1-5H,(H2,9,10)(H,11,12). The number of carboxylic acid groups (broad SMARTS) is 1. The molecule has 4 nitrogen and oxygen atoms in total. The van der Waals surface area contributed by atoms with Crippen molar-refractivity contribution in [2.24, 2.45) is 0 Å². The minimum atomic E-state index is -1.00. The van der Waals surface area contributed by atoms with Gasteiger partial charge < -0.3 is 10.8 Å². The van der Waals surface area contributed by atoms with E-state index in [1.807, 2.05) is 0 Å². The van der Waals surface area contributed by atoms with Gasteiger partial charge in [-0.15, -0.1) is 0 Å². The lowest BCUT2D eigenvalue weighted by Gasteiger charge is -1.95. The van der Waals surface area contributed by atoms with E-state index in [1.165, 1.54) is 12.3 Å². The highest BCUT2D eigenvalue weighted by Gasteiger charge is 1.93. The third-order valence-electron chi connectivity index (χ3n) is 1.29. The highest BCUT2D eigenvalue weighted by atomic mass is 16.4. The summed E-state index contributed by atoms with van der Waals surface area (Å²) < 4.78 is 0. The fourth-order valence-electron chi connectivity index (χ4n) is 0.718. The van der Waals surface area contributed by atoms with Crippen LogP contribution in [0.5, 0.6) is 0 Å². The number of hydrogen-bond donors (Lipinski definition) is 2. The average molecular weight is 164 g/mol. The summed E-state index contributed by atoms with van der Waals surface area (Å²) in [5.41, 5.74) is 6.65. The van der Waals surface area contributed by atoms with Crippen molar-refractivity contribution in [1.29, 1.82) is 0 Å². The second kappa shape index (κ2) is 3.52. The van der Waals surface area contributed by atoms with Gasteiger partial charge in [-0.25, -0.2) is 4.79 Å². The van der Waals surface area contributed by atoms with Gasteiger partial charge in [-0.1, -0.05) is 0 Å². The van der Waals surface area contributed by atoms with E-state index in [9.17, 15) is 4.79 Å². The first-order valence-electron chi connectivity index (χ1n) is 3.30. The molecule has 0 unspecified atom stereocenters. The fourth-order valence-corrected chi connectivity index (χ4v) is 0.718. The van der Waals surface area contributed by atoms with Gasteiger partial charge in [-0.2, -0.15) is 0 Å². The van der Waals surface area contributed by atoms with Crippen molar-refractivity contribution in [3.05, 3.63) is 30.1 Å². The van der Waals surface area contributed by atoms with Crippen LogP contribution in [0, 0.1) is 0 Å². The quantitative estimate of drug-likeness (QED) is 0.633. The van der Waals surface area contributed by atoms with Crippen molar-refractivity contribution in [3.63, 3.8) is 0 Å². The molecule has 0 amide bonds. The van der Waals surface area contributed by atoms with Gasteiger partial charge in [0.25, 0.3) is 0 Å². The maximum Gasteiger partial charge on any atom is 0.328 e. The van der Waals surface area contributed by atoms with E-state index >= 15 is 0 Å². The van der Waals surface area contributed by atoms with E-state index in [2.05, 4.69) is 4.98 Å². The lowest BCUT2D eigenvalue weighted by atomic mass is 10.2. The summed E-state index contributed by atoms with van der Waals surface area (Å²) in [6.07, 6.45) is 5.49. The minimum Gasteiger partial charge on any atom is -0.478 e. The van der Waals surface area contributed by atoms with Crippen LogP contribution in [0.2, 0.25) is 0 Å². The maximum absolute atomic E-state index is 10.1. The summed E-state index contributed by atoms with van der Waals surface area (Å²) in [4.78, 5) is 13.9. The number of carbonyl (C=O) groups is 1. The SMILES string of the molecule is Nc1ccncc1C=CC(=O)O. The Balaban J connectivity index is 2.89. The van der Waals surface area contributed by atoms with Crippen molar-refractivity contribution in [3.8, 4) is 0 Å². The van der Waals surface area contributed by atoms with Gasteiger partial charge in [-0.05, 0) is 12.1 Å². The molecule has 1 aromatic heterocycles. The number of pyridine rings is 1. The minimum absolute atomic E-state index is 0.516. The highest BCUT2D eigenvalue weighted by molar-refractivity contribution is 5.86. The van der Waals surface area contributed by atoms with Crippen LogP contribution in [-0.4, -0.2) is 16.1 Å². The zero-order chi connectivity index (χ0) is 8.97. The van der Waals surface area contributed by atoms with Crippen molar-refractivity contribution >= 4 is 17.7 Å². The van der Waals surface area contributed by atoms with Crippen LogP contribution in [0.4, 0.5) is 5.69 Å². The number of anilines is 1. The van der Waals surface area contributed by atoms with Crippen LogP contribution in [0.25, 0.3) is 6.08 Å². The highest BCUT2D eigenvalue weighted by Crippen LogP contribution is 2.09. The molecule has 0 saturated carbocycles. The van der Waals surface area contributed by atoms with Crippen LogP contribution in [-0.2, 0) is 4.79 Å². The second-order valence-electron chi connectivity index (χ2n) is 2.18. The number of rotatable bonds is 2.